The first-order valence-electron chi connectivity index (χ1n) is 7.86. The average Bonchev–Trinajstić information content (AvgIpc) is 2.78. The zero-order valence-corrected chi connectivity index (χ0v) is 13.0. The number of imide groups is 1. The summed E-state index contributed by atoms with van der Waals surface area (Å²) in [6.45, 7) is 4.56. The average molecular weight is 305 g/mol. The number of hydrogen-bond donors (Lipinski definition) is 0. The monoisotopic (exact) mass is 305 g/mol. The SMILES string of the molecule is CCCCCOCCOCCN1C(=O)c2ccccc2C1=O. The fourth-order valence-corrected chi connectivity index (χ4v) is 2.37. The molecule has 1 aromatic carbocycles. The summed E-state index contributed by atoms with van der Waals surface area (Å²) < 4.78 is 10.9. The van der Waals surface area contributed by atoms with E-state index in [1.165, 1.54) is 17.7 Å². The minimum atomic E-state index is -0.236. The standard InChI is InChI=1S/C17H23NO4/c1-2-3-6-10-21-12-13-22-11-9-18-16(19)14-7-4-5-8-15(14)17(18)20/h4-5,7-8H,2-3,6,9-13H2,1H3. The predicted molar refractivity (Wildman–Crippen MR) is 83.0 cm³/mol. The van der Waals surface area contributed by atoms with E-state index in [-0.39, 0.29) is 18.4 Å². The van der Waals surface area contributed by atoms with Crippen molar-refractivity contribution in [1.82, 2.24) is 4.90 Å². The Morgan fingerprint density at radius 1 is 0.864 bits per heavy atom. The second kappa shape index (κ2) is 8.66. The zero-order valence-electron chi connectivity index (χ0n) is 13.0. The fraction of sp³-hybridized carbons (Fsp3) is 0.529. The Labute approximate surface area is 131 Å². The molecule has 5 heteroatoms. The highest BCUT2D eigenvalue weighted by molar-refractivity contribution is 6.21. The Bertz CT molecular complexity index is 480. The summed E-state index contributed by atoms with van der Waals surface area (Å²) >= 11 is 0. The molecule has 0 unspecified atom stereocenters. The summed E-state index contributed by atoms with van der Waals surface area (Å²) in [4.78, 5) is 25.4. The molecule has 1 heterocycles. The molecule has 0 saturated heterocycles. The molecular formula is C17H23NO4. The number of rotatable bonds is 10. The van der Waals surface area contributed by atoms with Gasteiger partial charge in [0.25, 0.3) is 11.8 Å². The minimum Gasteiger partial charge on any atom is -0.379 e. The molecule has 1 aliphatic heterocycles. The molecule has 5 nitrogen and oxygen atoms in total. The van der Waals surface area contributed by atoms with Gasteiger partial charge in [-0.2, -0.15) is 0 Å². The van der Waals surface area contributed by atoms with Crippen molar-refractivity contribution in [2.75, 3.05) is 33.0 Å². The number of benzene rings is 1. The highest BCUT2D eigenvalue weighted by atomic mass is 16.5. The maximum absolute atomic E-state index is 12.1. The van der Waals surface area contributed by atoms with Crippen LogP contribution in [0.15, 0.2) is 24.3 Å². The Morgan fingerprint density at radius 3 is 2.05 bits per heavy atom. The molecule has 0 N–H and O–H groups in total. The number of hydrogen-bond acceptors (Lipinski definition) is 4. The van der Waals surface area contributed by atoms with E-state index in [0.717, 1.165) is 13.0 Å². The first-order chi connectivity index (χ1) is 10.8. The smallest absolute Gasteiger partial charge is 0.261 e. The molecule has 0 atom stereocenters. The molecule has 0 saturated carbocycles. The number of nitrogens with zero attached hydrogens (tertiary/aromatic N) is 1. The first-order valence-corrected chi connectivity index (χ1v) is 7.86. The van der Waals surface area contributed by atoms with Gasteiger partial charge in [0.15, 0.2) is 0 Å². The lowest BCUT2D eigenvalue weighted by molar-refractivity contribution is 0.0347. The van der Waals surface area contributed by atoms with Crippen LogP contribution >= 0.6 is 0 Å². The van der Waals surface area contributed by atoms with E-state index in [1.54, 1.807) is 24.3 Å². The number of unbranched alkanes of at least 4 members (excludes halogenated alkanes) is 2. The highest BCUT2D eigenvalue weighted by Gasteiger charge is 2.34. The van der Waals surface area contributed by atoms with Crippen molar-refractivity contribution in [2.45, 2.75) is 26.2 Å². The normalized spacial score (nSPS) is 13.8. The summed E-state index contributed by atoms with van der Waals surface area (Å²) in [5.74, 6) is -0.472. The van der Waals surface area contributed by atoms with Crippen LogP contribution in [0.1, 0.15) is 46.9 Å². The molecule has 2 amide bonds. The van der Waals surface area contributed by atoms with Gasteiger partial charge in [-0.1, -0.05) is 31.9 Å². The molecule has 0 fully saturated rings. The third-order valence-corrected chi connectivity index (χ3v) is 3.60. The number of amides is 2. The quantitative estimate of drug-likeness (QED) is 0.492. The molecule has 0 radical (unpaired) electrons. The Hall–Kier alpha value is -1.72. The van der Waals surface area contributed by atoms with E-state index in [9.17, 15) is 9.59 Å². The van der Waals surface area contributed by atoms with Gasteiger partial charge in [-0.25, -0.2) is 0 Å². The predicted octanol–water partition coefficient (Wildman–Crippen LogP) is 2.51. The van der Waals surface area contributed by atoms with E-state index in [1.807, 2.05) is 0 Å². The fourth-order valence-electron chi connectivity index (χ4n) is 2.37. The van der Waals surface area contributed by atoms with Crippen molar-refractivity contribution in [3.05, 3.63) is 35.4 Å². The lowest BCUT2D eigenvalue weighted by atomic mass is 10.1. The lowest BCUT2D eigenvalue weighted by Gasteiger charge is -2.13. The van der Waals surface area contributed by atoms with Gasteiger partial charge in [0.05, 0.1) is 37.5 Å². The van der Waals surface area contributed by atoms with Crippen molar-refractivity contribution in [2.24, 2.45) is 0 Å². The van der Waals surface area contributed by atoms with Crippen LogP contribution in [0.3, 0.4) is 0 Å². The maximum Gasteiger partial charge on any atom is 0.261 e. The van der Waals surface area contributed by atoms with Crippen LogP contribution in [0.2, 0.25) is 0 Å². The van der Waals surface area contributed by atoms with Gasteiger partial charge in [0.1, 0.15) is 0 Å². The Morgan fingerprint density at radius 2 is 1.45 bits per heavy atom. The third kappa shape index (κ3) is 4.15. The van der Waals surface area contributed by atoms with Crippen molar-refractivity contribution in [1.29, 1.82) is 0 Å². The van der Waals surface area contributed by atoms with Gasteiger partial charge < -0.3 is 9.47 Å². The summed E-state index contributed by atoms with van der Waals surface area (Å²) in [6, 6.07) is 6.89. The van der Waals surface area contributed by atoms with Gasteiger partial charge in [0, 0.05) is 6.61 Å². The third-order valence-electron chi connectivity index (χ3n) is 3.60. The zero-order chi connectivity index (χ0) is 15.8. The summed E-state index contributed by atoms with van der Waals surface area (Å²) in [5, 5.41) is 0. The van der Waals surface area contributed by atoms with Crippen molar-refractivity contribution in [3.8, 4) is 0 Å². The van der Waals surface area contributed by atoms with Crippen LogP contribution in [0.5, 0.6) is 0 Å². The second-order valence-electron chi connectivity index (χ2n) is 5.24. The largest absolute Gasteiger partial charge is 0.379 e. The van der Waals surface area contributed by atoms with Crippen molar-refractivity contribution >= 4 is 11.8 Å². The Kier molecular flexibility index (Phi) is 6.55. The number of carbonyl (C=O) groups excluding carboxylic acids is 2. The van der Waals surface area contributed by atoms with E-state index in [2.05, 4.69) is 6.92 Å². The highest BCUT2D eigenvalue weighted by Crippen LogP contribution is 2.21. The van der Waals surface area contributed by atoms with Crippen LogP contribution in [0.25, 0.3) is 0 Å². The first kappa shape index (κ1) is 16.6. The van der Waals surface area contributed by atoms with Crippen molar-refractivity contribution in [3.63, 3.8) is 0 Å². The summed E-state index contributed by atoms with van der Waals surface area (Å²) in [5.41, 5.74) is 0.957. The van der Waals surface area contributed by atoms with Crippen LogP contribution in [-0.2, 0) is 9.47 Å². The molecule has 0 aliphatic carbocycles. The van der Waals surface area contributed by atoms with Gasteiger partial charge in [-0.3, -0.25) is 14.5 Å². The van der Waals surface area contributed by atoms with Crippen LogP contribution in [0, 0.1) is 0 Å². The van der Waals surface area contributed by atoms with E-state index < -0.39 is 0 Å². The molecule has 1 aromatic rings. The number of fused-ring (bicyclic) bond motifs is 1. The van der Waals surface area contributed by atoms with E-state index in [4.69, 9.17) is 9.47 Å². The van der Waals surface area contributed by atoms with Crippen LogP contribution < -0.4 is 0 Å². The lowest BCUT2D eigenvalue weighted by Crippen LogP contribution is -2.33. The van der Waals surface area contributed by atoms with Crippen molar-refractivity contribution < 1.29 is 19.1 Å². The molecule has 0 spiro atoms. The Balaban J connectivity index is 1.63. The minimum absolute atomic E-state index is 0.236. The molecule has 1 aliphatic rings. The topological polar surface area (TPSA) is 55.8 Å². The number of carbonyl (C=O) groups is 2. The molecule has 0 bridgehead atoms. The molecule has 22 heavy (non-hydrogen) atoms. The second-order valence-corrected chi connectivity index (χ2v) is 5.24. The molecular weight excluding hydrogens is 282 g/mol. The summed E-state index contributed by atoms with van der Waals surface area (Å²) in [6.07, 6.45) is 3.44. The number of ether oxygens (including phenoxy) is 2. The maximum atomic E-state index is 12.1. The van der Waals surface area contributed by atoms with Gasteiger partial charge >= 0.3 is 0 Å². The van der Waals surface area contributed by atoms with Crippen LogP contribution in [-0.4, -0.2) is 49.7 Å². The van der Waals surface area contributed by atoms with Gasteiger partial charge in [-0.15, -0.1) is 0 Å². The van der Waals surface area contributed by atoms with E-state index >= 15 is 0 Å². The van der Waals surface area contributed by atoms with Gasteiger partial charge in [0.2, 0.25) is 0 Å². The molecule has 0 aromatic heterocycles. The van der Waals surface area contributed by atoms with E-state index in [0.29, 0.717) is 30.9 Å². The molecule has 2 rings (SSSR count). The molecule has 120 valence electrons. The van der Waals surface area contributed by atoms with Gasteiger partial charge in [-0.05, 0) is 18.6 Å². The summed E-state index contributed by atoms with van der Waals surface area (Å²) in [7, 11) is 0. The van der Waals surface area contributed by atoms with Crippen LogP contribution in [0.4, 0.5) is 0 Å².